The number of rotatable bonds is 7. The second-order valence-electron chi connectivity index (χ2n) is 7.55. The molecule has 27 heavy (non-hydrogen) atoms. The van der Waals surface area contributed by atoms with E-state index in [9.17, 15) is 18.0 Å². The quantitative estimate of drug-likeness (QED) is 0.706. The zero-order chi connectivity index (χ0) is 19.6. The number of piperidine rings is 1. The Morgan fingerprint density at radius 1 is 1.07 bits per heavy atom. The number of amides is 2. The van der Waals surface area contributed by atoms with Crippen molar-refractivity contribution < 1.29 is 18.0 Å². The van der Waals surface area contributed by atoms with Gasteiger partial charge in [-0.3, -0.25) is 14.5 Å². The molecule has 2 aliphatic heterocycles. The second kappa shape index (κ2) is 8.08. The van der Waals surface area contributed by atoms with Gasteiger partial charge >= 0.3 is 0 Å². The van der Waals surface area contributed by atoms with Crippen LogP contribution in [0.15, 0.2) is 24.3 Å². The lowest BCUT2D eigenvalue weighted by molar-refractivity contribution is 0.0664. The van der Waals surface area contributed by atoms with E-state index >= 15 is 0 Å². The summed E-state index contributed by atoms with van der Waals surface area (Å²) in [4.78, 5) is 28.0. The van der Waals surface area contributed by atoms with Gasteiger partial charge in [0.15, 0.2) is 0 Å². The van der Waals surface area contributed by atoms with Gasteiger partial charge in [-0.2, -0.15) is 0 Å². The van der Waals surface area contributed by atoms with Crippen LogP contribution in [-0.2, 0) is 10.0 Å². The number of sulfonamides is 1. The summed E-state index contributed by atoms with van der Waals surface area (Å²) < 4.78 is 27.3. The van der Waals surface area contributed by atoms with Crippen LogP contribution in [-0.4, -0.2) is 68.0 Å². The highest BCUT2D eigenvalue weighted by atomic mass is 32.2. The third-order valence-electron chi connectivity index (χ3n) is 5.43. The Morgan fingerprint density at radius 3 is 2.15 bits per heavy atom. The number of nitrogens with zero attached hydrogens (tertiary/aromatic N) is 2. The molecule has 1 aromatic rings. The van der Waals surface area contributed by atoms with Crippen molar-refractivity contribution in [3.8, 4) is 0 Å². The SMILES string of the molecule is CC(C)N1CCC(CNS(=O)(=O)CCN2C(=O)c3ccccc3C2=O)CC1. The van der Waals surface area contributed by atoms with Crippen molar-refractivity contribution in [2.75, 3.05) is 31.9 Å². The monoisotopic (exact) mass is 393 g/mol. The number of imide groups is 1. The molecule has 2 heterocycles. The zero-order valence-electron chi connectivity index (χ0n) is 15.8. The smallest absolute Gasteiger partial charge is 0.261 e. The minimum atomic E-state index is -3.54. The van der Waals surface area contributed by atoms with E-state index in [1.807, 2.05) is 0 Å². The van der Waals surface area contributed by atoms with Crippen LogP contribution in [0.4, 0.5) is 0 Å². The molecule has 0 aromatic heterocycles. The highest BCUT2D eigenvalue weighted by molar-refractivity contribution is 7.89. The number of hydrogen-bond acceptors (Lipinski definition) is 5. The average Bonchev–Trinajstić information content (AvgIpc) is 2.90. The molecule has 1 N–H and O–H groups in total. The number of likely N-dealkylation sites (tertiary alicyclic amines) is 1. The normalized spacial score (nSPS) is 19.1. The number of nitrogens with one attached hydrogen (secondary N) is 1. The first kappa shape index (κ1) is 20.0. The summed E-state index contributed by atoms with van der Waals surface area (Å²) in [5.41, 5.74) is 0.675. The fraction of sp³-hybridized carbons (Fsp3) is 0.579. The van der Waals surface area contributed by atoms with E-state index in [4.69, 9.17) is 0 Å². The number of carbonyl (C=O) groups is 2. The fourth-order valence-electron chi connectivity index (χ4n) is 3.64. The molecule has 0 saturated carbocycles. The Morgan fingerprint density at radius 2 is 1.63 bits per heavy atom. The van der Waals surface area contributed by atoms with E-state index in [-0.39, 0.29) is 12.3 Å². The molecular formula is C19H27N3O4S. The highest BCUT2D eigenvalue weighted by Crippen LogP contribution is 2.22. The summed E-state index contributed by atoms with van der Waals surface area (Å²) in [5, 5.41) is 0. The molecule has 1 saturated heterocycles. The minimum Gasteiger partial charge on any atom is -0.301 e. The first-order valence-electron chi connectivity index (χ1n) is 9.45. The summed E-state index contributed by atoms with van der Waals surface area (Å²) in [6.07, 6.45) is 1.94. The molecule has 0 unspecified atom stereocenters. The van der Waals surface area contributed by atoms with E-state index in [0.717, 1.165) is 30.8 Å². The summed E-state index contributed by atoms with van der Waals surface area (Å²) in [5.74, 6) is -0.795. The largest absolute Gasteiger partial charge is 0.301 e. The predicted molar refractivity (Wildman–Crippen MR) is 103 cm³/mol. The van der Waals surface area contributed by atoms with E-state index in [2.05, 4.69) is 23.5 Å². The molecule has 3 rings (SSSR count). The predicted octanol–water partition coefficient (Wildman–Crippen LogP) is 1.32. The Hall–Kier alpha value is -1.77. The van der Waals surface area contributed by atoms with Crippen molar-refractivity contribution >= 4 is 21.8 Å². The maximum atomic E-state index is 12.3. The molecule has 0 atom stereocenters. The van der Waals surface area contributed by atoms with Crippen LogP contribution >= 0.6 is 0 Å². The molecular weight excluding hydrogens is 366 g/mol. The Bertz CT molecular complexity index is 779. The van der Waals surface area contributed by atoms with Gasteiger partial charge in [-0.1, -0.05) is 12.1 Å². The summed E-state index contributed by atoms with van der Waals surface area (Å²) in [6.45, 7) is 6.59. The van der Waals surface area contributed by atoms with Crippen LogP contribution in [0, 0.1) is 5.92 Å². The van der Waals surface area contributed by atoms with Crippen LogP contribution in [0.5, 0.6) is 0 Å². The van der Waals surface area contributed by atoms with Gasteiger partial charge in [0.1, 0.15) is 0 Å². The van der Waals surface area contributed by atoms with Crippen LogP contribution in [0.25, 0.3) is 0 Å². The molecule has 148 valence electrons. The number of hydrogen-bond donors (Lipinski definition) is 1. The molecule has 1 fully saturated rings. The van der Waals surface area contributed by atoms with Crippen LogP contribution in [0.1, 0.15) is 47.4 Å². The third kappa shape index (κ3) is 4.56. The van der Waals surface area contributed by atoms with Gasteiger partial charge in [0.05, 0.1) is 16.9 Å². The van der Waals surface area contributed by atoms with Gasteiger partial charge in [0.25, 0.3) is 11.8 Å². The molecule has 2 amide bonds. The topological polar surface area (TPSA) is 86.8 Å². The van der Waals surface area contributed by atoms with Gasteiger partial charge in [-0.05, 0) is 57.8 Å². The third-order valence-corrected chi connectivity index (χ3v) is 6.76. The lowest BCUT2D eigenvalue weighted by atomic mass is 9.96. The molecule has 0 aliphatic carbocycles. The van der Waals surface area contributed by atoms with Crippen molar-refractivity contribution in [2.24, 2.45) is 5.92 Å². The standard InChI is InChI=1S/C19H27N3O4S/c1-14(2)21-9-7-15(8-10-21)13-20-27(25,26)12-11-22-18(23)16-5-3-4-6-17(16)19(22)24/h3-6,14-15,20H,7-13H2,1-2H3. The number of benzene rings is 1. The lowest BCUT2D eigenvalue weighted by Gasteiger charge is -2.34. The van der Waals surface area contributed by atoms with Crippen LogP contribution in [0.3, 0.4) is 0 Å². The molecule has 0 bridgehead atoms. The van der Waals surface area contributed by atoms with Gasteiger partial charge < -0.3 is 4.90 Å². The maximum Gasteiger partial charge on any atom is 0.261 e. The average molecular weight is 394 g/mol. The van der Waals surface area contributed by atoms with E-state index in [0.29, 0.717) is 29.6 Å². The van der Waals surface area contributed by atoms with E-state index < -0.39 is 21.8 Å². The van der Waals surface area contributed by atoms with Crippen molar-refractivity contribution in [3.05, 3.63) is 35.4 Å². The van der Waals surface area contributed by atoms with Gasteiger partial charge in [-0.15, -0.1) is 0 Å². The molecule has 1 aromatic carbocycles. The highest BCUT2D eigenvalue weighted by Gasteiger charge is 2.35. The van der Waals surface area contributed by atoms with Crippen molar-refractivity contribution in [3.63, 3.8) is 0 Å². The van der Waals surface area contributed by atoms with Crippen LogP contribution < -0.4 is 4.72 Å². The molecule has 0 radical (unpaired) electrons. The van der Waals surface area contributed by atoms with E-state index in [1.54, 1.807) is 24.3 Å². The Balaban J connectivity index is 1.48. The Labute approximate surface area is 160 Å². The molecule has 7 nitrogen and oxygen atoms in total. The maximum absolute atomic E-state index is 12.3. The number of fused-ring (bicyclic) bond motifs is 1. The van der Waals surface area contributed by atoms with Gasteiger partial charge in [0, 0.05) is 19.1 Å². The number of carbonyl (C=O) groups excluding carboxylic acids is 2. The summed E-state index contributed by atoms with van der Waals surface area (Å²) >= 11 is 0. The van der Waals surface area contributed by atoms with E-state index in [1.165, 1.54) is 0 Å². The molecule has 0 spiro atoms. The first-order valence-corrected chi connectivity index (χ1v) is 11.1. The Kier molecular flexibility index (Phi) is 5.98. The first-order chi connectivity index (χ1) is 12.8. The van der Waals surface area contributed by atoms with Gasteiger partial charge in [-0.25, -0.2) is 13.1 Å². The molecule has 2 aliphatic rings. The minimum absolute atomic E-state index is 0.131. The molecule has 8 heteroatoms. The van der Waals surface area contributed by atoms with Crippen molar-refractivity contribution in [2.45, 2.75) is 32.7 Å². The lowest BCUT2D eigenvalue weighted by Crippen LogP contribution is -2.43. The fourth-order valence-corrected chi connectivity index (χ4v) is 4.70. The van der Waals surface area contributed by atoms with Crippen molar-refractivity contribution in [1.29, 1.82) is 0 Å². The van der Waals surface area contributed by atoms with Gasteiger partial charge in [0.2, 0.25) is 10.0 Å². The second-order valence-corrected chi connectivity index (χ2v) is 9.47. The summed E-state index contributed by atoms with van der Waals surface area (Å²) in [7, 11) is -3.54. The zero-order valence-corrected chi connectivity index (χ0v) is 16.7. The van der Waals surface area contributed by atoms with Crippen LogP contribution in [0.2, 0.25) is 0 Å². The van der Waals surface area contributed by atoms with Crippen molar-refractivity contribution in [1.82, 2.24) is 14.5 Å². The summed E-state index contributed by atoms with van der Waals surface area (Å²) in [6, 6.07) is 7.08.